The standard InChI is InChI=1S/C10H22N2/c1-8-4-9(8)5-12-7-10(2,3)6-11/h8-9,12H,4-7,11H2,1-3H3. The third kappa shape index (κ3) is 3.11. The van der Waals surface area contributed by atoms with Gasteiger partial charge in [-0.3, -0.25) is 0 Å². The van der Waals surface area contributed by atoms with Crippen LogP contribution in [0.3, 0.4) is 0 Å². The molecule has 0 bridgehead atoms. The molecule has 3 N–H and O–H groups in total. The molecule has 0 saturated heterocycles. The summed E-state index contributed by atoms with van der Waals surface area (Å²) in [6.07, 6.45) is 1.41. The number of rotatable bonds is 5. The van der Waals surface area contributed by atoms with Crippen LogP contribution in [-0.2, 0) is 0 Å². The minimum atomic E-state index is 0.262. The maximum absolute atomic E-state index is 5.63. The van der Waals surface area contributed by atoms with E-state index in [0.717, 1.165) is 24.9 Å². The fourth-order valence-corrected chi connectivity index (χ4v) is 1.35. The van der Waals surface area contributed by atoms with Gasteiger partial charge in [-0.15, -0.1) is 0 Å². The molecule has 1 rings (SSSR count). The van der Waals surface area contributed by atoms with Gasteiger partial charge in [0.05, 0.1) is 0 Å². The van der Waals surface area contributed by atoms with Crippen molar-refractivity contribution in [3.8, 4) is 0 Å². The summed E-state index contributed by atoms with van der Waals surface area (Å²) in [5, 5.41) is 3.49. The zero-order valence-electron chi connectivity index (χ0n) is 8.56. The van der Waals surface area contributed by atoms with Crippen LogP contribution in [0.4, 0.5) is 0 Å². The Hall–Kier alpha value is -0.0800. The first-order valence-corrected chi connectivity index (χ1v) is 4.96. The molecule has 0 amide bonds. The summed E-state index contributed by atoms with van der Waals surface area (Å²) in [7, 11) is 0. The van der Waals surface area contributed by atoms with E-state index in [2.05, 4.69) is 26.1 Å². The Kier molecular flexibility index (Phi) is 3.13. The van der Waals surface area contributed by atoms with Crippen LogP contribution in [0.2, 0.25) is 0 Å². The van der Waals surface area contributed by atoms with E-state index in [1.165, 1.54) is 13.0 Å². The van der Waals surface area contributed by atoms with Gasteiger partial charge < -0.3 is 11.1 Å². The molecule has 0 aromatic carbocycles. The normalized spacial score (nSPS) is 29.0. The van der Waals surface area contributed by atoms with Crippen LogP contribution in [0.15, 0.2) is 0 Å². The van der Waals surface area contributed by atoms with E-state index in [9.17, 15) is 0 Å². The zero-order chi connectivity index (χ0) is 9.19. The highest BCUT2D eigenvalue weighted by Crippen LogP contribution is 2.36. The second-order valence-corrected chi connectivity index (χ2v) is 4.97. The van der Waals surface area contributed by atoms with E-state index in [1.807, 2.05) is 0 Å². The van der Waals surface area contributed by atoms with Gasteiger partial charge in [0.1, 0.15) is 0 Å². The van der Waals surface area contributed by atoms with Gasteiger partial charge in [-0.25, -0.2) is 0 Å². The van der Waals surface area contributed by atoms with Crippen molar-refractivity contribution in [1.82, 2.24) is 5.32 Å². The van der Waals surface area contributed by atoms with Crippen molar-refractivity contribution in [2.75, 3.05) is 19.6 Å². The average molecular weight is 170 g/mol. The highest BCUT2D eigenvalue weighted by molar-refractivity contribution is 4.85. The van der Waals surface area contributed by atoms with Crippen molar-refractivity contribution in [3.05, 3.63) is 0 Å². The van der Waals surface area contributed by atoms with Crippen molar-refractivity contribution in [3.63, 3.8) is 0 Å². The lowest BCUT2D eigenvalue weighted by molar-refractivity contribution is 0.348. The van der Waals surface area contributed by atoms with Gasteiger partial charge in [-0.05, 0) is 36.8 Å². The molecule has 0 radical (unpaired) electrons. The Morgan fingerprint density at radius 2 is 2.08 bits per heavy atom. The van der Waals surface area contributed by atoms with Crippen LogP contribution < -0.4 is 11.1 Å². The second-order valence-electron chi connectivity index (χ2n) is 4.97. The van der Waals surface area contributed by atoms with E-state index in [1.54, 1.807) is 0 Å². The number of nitrogens with two attached hydrogens (primary N) is 1. The van der Waals surface area contributed by atoms with E-state index in [-0.39, 0.29) is 5.41 Å². The molecule has 2 heteroatoms. The molecule has 1 aliphatic rings. The summed E-state index contributed by atoms with van der Waals surface area (Å²) in [6, 6.07) is 0. The summed E-state index contributed by atoms with van der Waals surface area (Å²) in [6.45, 7) is 9.73. The Labute approximate surface area is 75.9 Å². The first-order chi connectivity index (χ1) is 5.55. The Morgan fingerprint density at radius 1 is 1.50 bits per heavy atom. The molecule has 0 spiro atoms. The lowest BCUT2D eigenvalue weighted by Crippen LogP contribution is -2.36. The first kappa shape index (κ1) is 10.0. The average Bonchev–Trinajstić information content (AvgIpc) is 2.67. The van der Waals surface area contributed by atoms with E-state index >= 15 is 0 Å². The van der Waals surface area contributed by atoms with E-state index < -0.39 is 0 Å². The Morgan fingerprint density at radius 3 is 2.50 bits per heavy atom. The molecule has 1 aliphatic carbocycles. The number of hydrogen-bond acceptors (Lipinski definition) is 2. The van der Waals surface area contributed by atoms with Crippen molar-refractivity contribution in [2.24, 2.45) is 23.0 Å². The van der Waals surface area contributed by atoms with Gasteiger partial charge in [0, 0.05) is 6.54 Å². The van der Waals surface area contributed by atoms with E-state index in [4.69, 9.17) is 5.73 Å². The molecule has 12 heavy (non-hydrogen) atoms. The highest BCUT2D eigenvalue weighted by Gasteiger charge is 2.32. The Balaban J connectivity index is 2.02. The lowest BCUT2D eigenvalue weighted by atomic mass is 9.94. The van der Waals surface area contributed by atoms with Crippen molar-refractivity contribution in [2.45, 2.75) is 27.2 Å². The topological polar surface area (TPSA) is 38.0 Å². The summed E-state index contributed by atoms with van der Waals surface area (Å²) in [5.41, 5.74) is 5.89. The largest absolute Gasteiger partial charge is 0.330 e. The highest BCUT2D eigenvalue weighted by atomic mass is 14.9. The molecule has 2 unspecified atom stereocenters. The molecular weight excluding hydrogens is 148 g/mol. The molecular formula is C10H22N2. The quantitative estimate of drug-likeness (QED) is 0.651. The van der Waals surface area contributed by atoms with Crippen LogP contribution in [0.5, 0.6) is 0 Å². The molecule has 0 aromatic rings. The summed E-state index contributed by atoms with van der Waals surface area (Å²) in [5.74, 6) is 1.90. The van der Waals surface area contributed by atoms with Gasteiger partial charge in [-0.1, -0.05) is 20.8 Å². The predicted octanol–water partition coefficient (Wildman–Crippen LogP) is 1.22. The fraction of sp³-hybridized carbons (Fsp3) is 1.00. The van der Waals surface area contributed by atoms with Crippen LogP contribution in [0, 0.1) is 17.3 Å². The molecule has 0 aromatic heterocycles. The number of hydrogen-bond donors (Lipinski definition) is 2. The minimum absolute atomic E-state index is 0.262. The molecule has 2 atom stereocenters. The lowest BCUT2D eigenvalue weighted by Gasteiger charge is -2.22. The fourth-order valence-electron chi connectivity index (χ4n) is 1.35. The van der Waals surface area contributed by atoms with Crippen molar-refractivity contribution >= 4 is 0 Å². The zero-order valence-corrected chi connectivity index (χ0v) is 8.56. The molecule has 0 heterocycles. The number of nitrogens with one attached hydrogen (secondary N) is 1. The van der Waals surface area contributed by atoms with Crippen molar-refractivity contribution in [1.29, 1.82) is 0 Å². The summed E-state index contributed by atoms with van der Waals surface area (Å²) in [4.78, 5) is 0. The predicted molar refractivity (Wildman–Crippen MR) is 53.0 cm³/mol. The van der Waals surface area contributed by atoms with Crippen LogP contribution in [-0.4, -0.2) is 19.6 Å². The molecule has 2 nitrogen and oxygen atoms in total. The van der Waals surface area contributed by atoms with Crippen LogP contribution in [0.1, 0.15) is 27.2 Å². The van der Waals surface area contributed by atoms with Gasteiger partial charge in [0.25, 0.3) is 0 Å². The van der Waals surface area contributed by atoms with Crippen LogP contribution in [0.25, 0.3) is 0 Å². The summed E-state index contributed by atoms with van der Waals surface area (Å²) >= 11 is 0. The SMILES string of the molecule is CC1CC1CNCC(C)(C)CN. The molecule has 0 aliphatic heterocycles. The van der Waals surface area contributed by atoms with Gasteiger partial charge in [0.2, 0.25) is 0 Å². The van der Waals surface area contributed by atoms with Crippen molar-refractivity contribution < 1.29 is 0 Å². The molecule has 72 valence electrons. The maximum Gasteiger partial charge on any atom is 0.00147 e. The smallest absolute Gasteiger partial charge is 0.00147 e. The third-order valence-corrected chi connectivity index (χ3v) is 2.84. The Bertz CT molecular complexity index is 143. The summed E-state index contributed by atoms with van der Waals surface area (Å²) < 4.78 is 0. The minimum Gasteiger partial charge on any atom is -0.330 e. The second kappa shape index (κ2) is 3.75. The third-order valence-electron chi connectivity index (χ3n) is 2.84. The van der Waals surface area contributed by atoms with E-state index in [0.29, 0.717) is 0 Å². The van der Waals surface area contributed by atoms with Gasteiger partial charge >= 0.3 is 0 Å². The molecule has 1 fully saturated rings. The first-order valence-electron chi connectivity index (χ1n) is 4.96. The van der Waals surface area contributed by atoms with Gasteiger partial charge in [-0.2, -0.15) is 0 Å². The van der Waals surface area contributed by atoms with Crippen LogP contribution >= 0.6 is 0 Å². The maximum atomic E-state index is 5.63. The monoisotopic (exact) mass is 170 g/mol. The van der Waals surface area contributed by atoms with Gasteiger partial charge in [0.15, 0.2) is 0 Å². The molecule has 1 saturated carbocycles.